The normalized spacial score (nSPS) is 14.0. The number of rotatable bonds is 7. The molecule has 0 saturated heterocycles. The lowest BCUT2D eigenvalue weighted by molar-refractivity contribution is -0.108. The van der Waals surface area contributed by atoms with Gasteiger partial charge in [-0.2, -0.15) is 5.26 Å². The molecule has 0 bridgehead atoms. The number of hydrogen-bond donors (Lipinski definition) is 3. The first kappa shape index (κ1) is 32.6. The minimum Gasteiger partial charge on any atom is -0.497 e. The number of methoxy groups -OCH3 is 1. The van der Waals surface area contributed by atoms with Crippen LogP contribution in [0.3, 0.4) is 0 Å². The number of carbonyl (C=O) groups is 2. The standard InChI is InChI=1S/C11H15N3S.C11H14O2.C6H9NO.CH2O/c1-14-11-9(6-13)8-3-2-7(5-12)4-10(8)15-11;1-9(6-7-12)10-4-3-5-11(8-10)13-2;1-7-4-2-3-6(7)5-8;1-2/h7,14H,2-5,12H2,1H3;3-5,7-9H,6H2,1-2H3;2-4,8H,5H2,1H3;1H2. The van der Waals surface area contributed by atoms with Gasteiger partial charge in [-0.25, -0.2) is 0 Å². The highest BCUT2D eigenvalue weighted by molar-refractivity contribution is 7.16. The number of aldehydes is 1. The molecule has 8 nitrogen and oxygen atoms in total. The number of nitrogens with two attached hydrogens (primary N) is 1. The molecule has 1 aliphatic carbocycles. The molecule has 2 aromatic heterocycles. The van der Waals surface area contributed by atoms with Gasteiger partial charge < -0.3 is 35.1 Å². The number of carbonyl (C=O) groups excluding carboxylic acids is 2. The number of aryl methyl sites for hydroxylation is 1. The summed E-state index contributed by atoms with van der Waals surface area (Å²) in [7, 11) is 5.42. The molecule has 4 N–H and O–H groups in total. The predicted molar refractivity (Wildman–Crippen MR) is 154 cm³/mol. The summed E-state index contributed by atoms with van der Waals surface area (Å²) in [4.78, 5) is 19.7. The Morgan fingerprint density at radius 2 is 2.11 bits per heavy atom. The van der Waals surface area contributed by atoms with Crippen molar-refractivity contribution in [2.75, 3.05) is 26.0 Å². The summed E-state index contributed by atoms with van der Waals surface area (Å²) in [5.74, 6) is 1.72. The lowest BCUT2D eigenvalue weighted by Gasteiger charge is -2.20. The van der Waals surface area contributed by atoms with Crippen molar-refractivity contribution >= 4 is 29.4 Å². The number of fused-ring (bicyclic) bond motifs is 1. The van der Waals surface area contributed by atoms with Gasteiger partial charge in [-0.15, -0.1) is 11.3 Å². The van der Waals surface area contributed by atoms with E-state index in [4.69, 9.17) is 25.6 Å². The summed E-state index contributed by atoms with van der Waals surface area (Å²) in [5.41, 5.74) is 9.90. The van der Waals surface area contributed by atoms with Gasteiger partial charge in [0.1, 0.15) is 29.9 Å². The molecule has 0 fully saturated rings. The molecular formula is C29H40N4O4S. The summed E-state index contributed by atoms with van der Waals surface area (Å²) in [6, 6.07) is 13.9. The van der Waals surface area contributed by atoms with E-state index in [0.29, 0.717) is 12.3 Å². The predicted octanol–water partition coefficient (Wildman–Crippen LogP) is 4.45. The third-order valence-electron chi connectivity index (χ3n) is 6.37. The van der Waals surface area contributed by atoms with Crippen LogP contribution in [0.5, 0.6) is 5.75 Å². The molecule has 38 heavy (non-hydrogen) atoms. The van der Waals surface area contributed by atoms with Crippen LogP contribution in [0, 0.1) is 17.2 Å². The number of anilines is 1. The number of nitrogens with one attached hydrogen (secondary N) is 1. The van der Waals surface area contributed by atoms with Crippen molar-refractivity contribution in [1.29, 1.82) is 5.26 Å². The Hall–Kier alpha value is -3.45. The molecule has 9 heteroatoms. The molecule has 0 radical (unpaired) electrons. The molecular weight excluding hydrogens is 500 g/mol. The van der Waals surface area contributed by atoms with E-state index in [-0.39, 0.29) is 12.5 Å². The largest absolute Gasteiger partial charge is 0.497 e. The molecule has 2 atom stereocenters. The van der Waals surface area contributed by atoms with E-state index in [0.717, 1.165) is 59.7 Å². The zero-order valence-corrected chi connectivity index (χ0v) is 23.6. The van der Waals surface area contributed by atoms with Gasteiger partial charge in [-0.3, -0.25) is 0 Å². The van der Waals surface area contributed by atoms with Crippen LogP contribution in [0.4, 0.5) is 5.00 Å². The van der Waals surface area contributed by atoms with Gasteiger partial charge in [0.05, 0.1) is 19.3 Å². The summed E-state index contributed by atoms with van der Waals surface area (Å²) in [5, 5.41) is 21.8. The second-order valence-electron chi connectivity index (χ2n) is 8.76. The summed E-state index contributed by atoms with van der Waals surface area (Å²) >= 11 is 1.72. The zero-order valence-electron chi connectivity index (χ0n) is 22.8. The van der Waals surface area contributed by atoms with Crippen molar-refractivity contribution < 1.29 is 19.4 Å². The van der Waals surface area contributed by atoms with E-state index in [1.165, 1.54) is 10.4 Å². The zero-order chi connectivity index (χ0) is 28.5. The smallest absolute Gasteiger partial charge is 0.120 e. The Morgan fingerprint density at radius 1 is 1.37 bits per heavy atom. The fourth-order valence-corrected chi connectivity index (χ4v) is 5.30. The van der Waals surface area contributed by atoms with Gasteiger partial charge in [0.15, 0.2) is 0 Å². The maximum absolute atomic E-state index is 10.3. The third-order valence-corrected chi connectivity index (χ3v) is 7.64. The fraction of sp³-hybridized carbons (Fsp3) is 0.414. The van der Waals surface area contributed by atoms with Crippen LogP contribution in [0.25, 0.3) is 0 Å². The average molecular weight is 541 g/mol. The Balaban J connectivity index is 0.000000287. The molecule has 0 amide bonds. The molecule has 2 unspecified atom stereocenters. The minimum atomic E-state index is 0.128. The van der Waals surface area contributed by atoms with Gasteiger partial charge in [-0.1, -0.05) is 19.1 Å². The van der Waals surface area contributed by atoms with E-state index in [2.05, 4.69) is 11.4 Å². The van der Waals surface area contributed by atoms with Gasteiger partial charge in [-0.05, 0) is 73.0 Å². The monoisotopic (exact) mass is 540 g/mol. The fourth-order valence-electron chi connectivity index (χ4n) is 4.04. The molecule has 0 saturated carbocycles. The van der Waals surface area contributed by atoms with Crippen LogP contribution in [0.2, 0.25) is 0 Å². The van der Waals surface area contributed by atoms with Gasteiger partial charge in [0.25, 0.3) is 0 Å². The number of hydrogen-bond acceptors (Lipinski definition) is 8. The highest BCUT2D eigenvalue weighted by Crippen LogP contribution is 2.38. The summed E-state index contributed by atoms with van der Waals surface area (Å²) in [6.45, 7) is 4.92. The number of ether oxygens (including phenoxy) is 1. The number of aliphatic hydroxyl groups excluding tert-OH is 1. The second-order valence-corrected chi connectivity index (χ2v) is 9.87. The Bertz CT molecular complexity index is 1150. The van der Waals surface area contributed by atoms with E-state index in [1.807, 2.05) is 75.0 Å². The first-order valence-corrected chi connectivity index (χ1v) is 13.2. The van der Waals surface area contributed by atoms with E-state index < -0.39 is 0 Å². The van der Waals surface area contributed by atoms with Crippen molar-refractivity contribution in [1.82, 2.24) is 4.57 Å². The van der Waals surface area contributed by atoms with Crippen molar-refractivity contribution in [2.45, 2.75) is 45.1 Å². The van der Waals surface area contributed by atoms with Crippen LogP contribution in [0.1, 0.15) is 52.9 Å². The van der Waals surface area contributed by atoms with E-state index in [1.54, 1.807) is 18.4 Å². The van der Waals surface area contributed by atoms with Gasteiger partial charge in [0.2, 0.25) is 0 Å². The number of aromatic nitrogens is 1. The lowest BCUT2D eigenvalue weighted by Crippen LogP contribution is -2.21. The molecule has 3 aromatic rings. The topological polar surface area (TPSA) is 130 Å². The van der Waals surface area contributed by atoms with Crippen LogP contribution >= 0.6 is 11.3 Å². The highest BCUT2D eigenvalue weighted by Gasteiger charge is 2.24. The number of benzene rings is 1. The number of aliphatic hydroxyl groups is 1. The lowest BCUT2D eigenvalue weighted by atomic mass is 9.87. The van der Waals surface area contributed by atoms with Crippen molar-refractivity contribution in [2.24, 2.45) is 18.7 Å². The Kier molecular flexibility index (Phi) is 15.4. The molecule has 206 valence electrons. The van der Waals surface area contributed by atoms with Crippen LogP contribution in [-0.4, -0.2) is 43.5 Å². The van der Waals surface area contributed by atoms with Crippen LogP contribution in [-0.2, 0) is 36.1 Å². The van der Waals surface area contributed by atoms with Gasteiger partial charge >= 0.3 is 0 Å². The number of thiophene rings is 1. The van der Waals surface area contributed by atoms with Crippen molar-refractivity contribution in [3.8, 4) is 11.8 Å². The van der Waals surface area contributed by atoms with Crippen molar-refractivity contribution in [3.05, 3.63) is 69.9 Å². The quantitative estimate of drug-likeness (QED) is 0.378. The van der Waals surface area contributed by atoms with Gasteiger partial charge in [0, 0.05) is 37.3 Å². The maximum atomic E-state index is 10.3. The molecule has 0 aliphatic heterocycles. The molecule has 0 spiro atoms. The Morgan fingerprint density at radius 3 is 2.61 bits per heavy atom. The summed E-state index contributed by atoms with van der Waals surface area (Å²) < 4.78 is 6.98. The first-order valence-electron chi connectivity index (χ1n) is 12.4. The van der Waals surface area contributed by atoms with Crippen LogP contribution in [0.15, 0.2) is 42.6 Å². The number of nitrogens with zero attached hydrogens (tertiary/aromatic N) is 2. The van der Waals surface area contributed by atoms with Crippen molar-refractivity contribution in [3.63, 3.8) is 0 Å². The van der Waals surface area contributed by atoms with Crippen LogP contribution < -0.4 is 15.8 Å². The third kappa shape index (κ3) is 9.45. The Labute approximate surface area is 230 Å². The highest BCUT2D eigenvalue weighted by atomic mass is 32.1. The molecule has 1 aliphatic rings. The molecule has 4 rings (SSSR count). The van der Waals surface area contributed by atoms with E-state index >= 15 is 0 Å². The minimum absolute atomic E-state index is 0.128. The maximum Gasteiger partial charge on any atom is 0.120 e. The first-order chi connectivity index (χ1) is 18.4. The average Bonchev–Trinajstić information content (AvgIpc) is 3.56. The molecule has 1 aromatic carbocycles. The number of nitriles is 1. The summed E-state index contributed by atoms with van der Waals surface area (Å²) in [6.07, 6.45) is 6.60. The molecule has 2 heterocycles. The SMILES string of the molecule is C=O.CNc1sc2c(c1C#N)CCC(CN)C2.COc1cccc(C(C)CC=O)c1.Cn1cccc1CO. The van der Waals surface area contributed by atoms with E-state index in [9.17, 15) is 4.79 Å². The second kappa shape index (κ2) is 17.9.